The molecule has 2 rings (SSSR count). The topological polar surface area (TPSA) is 38.1 Å². The first-order valence-corrected chi connectivity index (χ1v) is 6.71. The summed E-state index contributed by atoms with van der Waals surface area (Å²) in [6.07, 6.45) is 1.51. The van der Waals surface area contributed by atoms with E-state index in [0.717, 1.165) is 17.9 Å². The van der Waals surface area contributed by atoms with E-state index in [-0.39, 0.29) is 6.61 Å². The fourth-order valence-corrected chi connectivity index (χ4v) is 2.49. The monoisotopic (exact) mass is 258 g/mol. The minimum atomic E-state index is 0.146. The second kappa shape index (κ2) is 5.57. The van der Waals surface area contributed by atoms with Crippen LogP contribution in [0.5, 0.6) is 0 Å². The number of nitrogens with zero attached hydrogens (tertiary/aromatic N) is 2. The van der Waals surface area contributed by atoms with Crippen LogP contribution in [0.1, 0.15) is 33.9 Å². The van der Waals surface area contributed by atoms with Gasteiger partial charge in [0.05, 0.1) is 12.3 Å². The van der Waals surface area contributed by atoms with Crippen LogP contribution >= 0.6 is 0 Å². The van der Waals surface area contributed by atoms with E-state index in [4.69, 9.17) is 5.11 Å². The maximum absolute atomic E-state index is 9.06. The van der Waals surface area contributed by atoms with E-state index in [1.807, 2.05) is 14.0 Å². The maximum atomic E-state index is 9.06. The van der Waals surface area contributed by atoms with Gasteiger partial charge in [-0.05, 0) is 37.5 Å². The lowest BCUT2D eigenvalue weighted by Crippen LogP contribution is -2.05. The van der Waals surface area contributed by atoms with Crippen molar-refractivity contribution >= 4 is 0 Å². The highest BCUT2D eigenvalue weighted by Gasteiger charge is 2.12. The first-order valence-electron chi connectivity index (χ1n) is 6.71. The zero-order chi connectivity index (χ0) is 14.0. The minimum absolute atomic E-state index is 0.146. The summed E-state index contributed by atoms with van der Waals surface area (Å²) in [6, 6.07) is 6.44. The van der Waals surface area contributed by atoms with Crippen LogP contribution < -0.4 is 0 Å². The summed E-state index contributed by atoms with van der Waals surface area (Å²) in [7, 11) is 2.03. The van der Waals surface area contributed by atoms with Crippen molar-refractivity contribution < 1.29 is 5.11 Å². The summed E-state index contributed by atoms with van der Waals surface area (Å²) >= 11 is 0. The van der Waals surface area contributed by atoms with Gasteiger partial charge in [0.25, 0.3) is 0 Å². The summed E-state index contributed by atoms with van der Waals surface area (Å²) in [4.78, 5) is 4.55. The summed E-state index contributed by atoms with van der Waals surface area (Å²) in [6.45, 7) is 6.51. The van der Waals surface area contributed by atoms with Gasteiger partial charge in [0.2, 0.25) is 0 Å². The predicted octanol–water partition coefficient (Wildman–Crippen LogP) is 2.47. The normalized spacial score (nSPS) is 11.0. The van der Waals surface area contributed by atoms with Crippen LogP contribution in [0.4, 0.5) is 0 Å². The molecule has 0 amide bonds. The Morgan fingerprint density at radius 3 is 2.63 bits per heavy atom. The fourth-order valence-electron chi connectivity index (χ4n) is 2.49. The molecule has 0 saturated heterocycles. The molecule has 1 aromatic carbocycles. The van der Waals surface area contributed by atoms with Crippen molar-refractivity contribution in [1.82, 2.24) is 9.55 Å². The SMILES string of the molecule is Cc1cccc(Cc2c(C)nc(CCO)n2C)c1C. The van der Waals surface area contributed by atoms with Gasteiger partial charge in [0.15, 0.2) is 0 Å². The zero-order valence-electron chi connectivity index (χ0n) is 12.2. The lowest BCUT2D eigenvalue weighted by Gasteiger charge is -2.10. The predicted molar refractivity (Wildman–Crippen MR) is 77.5 cm³/mol. The highest BCUT2D eigenvalue weighted by molar-refractivity contribution is 5.36. The number of aryl methyl sites for hydroxylation is 2. The van der Waals surface area contributed by atoms with Gasteiger partial charge in [0.1, 0.15) is 5.82 Å². The van der Waals surface area contributed by atoms with Crippen LogP contribution in [0.25, 0.3) is 0 Å². The molecule has 2 aromatic rings. The van der Waals surface area contributed by atoms with Gasteiger partial charge < -0.3 is 9.67 Å². The molecule has 0 unspecified atom stereocenters. The van der Waals surface area contributed by atoms with Crippen molar-refractivity contribution in [1.29, 1.82) is 0 Å². The molecule has 0 atom stereocenters. The Labute approximate surface area is 114 Å². The molecule has 0 fully saturated rings. The third kappa shape index (κ3) is 2.71. The van der Waals surface area contributed by atoms with Crippen LogP contribution in [0.15, 0.2) is 18.2 Å². The largest absolute Gasteiger partial charge is 0.396 e. The van der Waals surface area contributed by atoms with Gasteiger partial charge in [-0.3, -0.25) is 0 Å². The van der Waals surface area contributed by atoms with E-state index in [1.165, 1.54) is 22.4 Å². The van der Waals surface area contributed by atoms with Gasteiger partial charge in [-0.1, -0.05) is 18.2 Å². The summed E-state index contributed by atoms with van der Waals surface area (Å²) in [5.74, 6) is 0.959. The van der Waals surface area contributed by atoms with E-state index in [2.05, 4.69) is 41.6 Å². The van der Waals surface area contributed by atoms with Gasteiger partial charge in [-0.15, -0.1) is 0 Å². The Balaban J connectivity index is 2.36. The van der Waals surface area contributed by atoms with E-state index in [0.29, 0.717) is 6.42 Å². The van der Waals surface area contributed by atoms with Crippen molar-refractivity contribution in [2.75, 3.05) is 6.61 Å². The number of imidazole rings is 1. The van der Waals surface area contributed by atoms with E-state index >= 15 is 0 Å². The molecule has 1 heterocycles. The zero-order valence-corrected chi connectivity index (χ0v) is 12.2. The Kier molecular flexibility index (Phi) is 4.05. The Morgan fingerprint density at radius 1 is 1.21 bits per heavy atom. The van der Waals surface area contributed by atoms with Gasteiger partial charge >= 0.3 is 0 Å². The standard InChI is InChI=1S/C16H22N2O/c1-11-6-5-7-14(12(11)2)10-15-13(3)17-16(8-9-19)18(15)4/h5-7,19H,8-10H2,1-4H3. The summed E-state index contributed by atoms with van der Waals surface area (Å²) in [5.41, 5.74) is 6.32. The second-order valence-electron chi connectivity index (χ2n) is 5.13. The number of aliphatic hydroxyl groups is 1. The van der Waals surface area contributed by atoms with Crippen LogP contribution in [0, 0.1) is 20.8 Å². The number of hydrogen-bond donors (Lipinski definition) is 1. The lowest BCUT2D eigenvalue weighted by atomic mass is 9.99. The fraction of sp³-hybridized carbons (Fsp3) is 0.438. The molecule has 0 bridgehead atoms. The Bertz CT molecular complexity index is 585. The Morgan fingerprint density at radius 2 is 1.95 bits per heavy atom. The van der Waals surface area contributed by atoms with Crippen LogP contribution in [0.3, 0.4) is 0 Å². The molecular weight excluding hydrogens is 236 g/mol. The van der Waals surface area contributed by atoms with Crippen molar-refractivity contribution in [3.05, 3.63) is 52.1 Å². The second-order valence-corrected chi connectivity index (χ2v) is 5.13. The molecule has 3 heteroatoms. The van der Waals surface area contributed by atoms with Crippen molar-refractivity contribution in [3.63, 3.8) is 0 Å². The highest BCUT2D eigenvalue weighted by atomic mass is 16.3. The number of benzene rings is 1. The van der Waals surface area contributed by atoms with Crippen LogP contribution in [-0.4, -0.2) is 21.3 Å². The molecule has 0 radical (unpaired) electrons. The van der Waals surface area contributed by atoms with Gasteiger partial charge in [-0.2, -0.15) is 0 Å². The summed E-state index contributed by atoms with van der Waals surface area (Å²) < 4.78 is 2.12. The van der Waals surface area contributed by atoms with E-state index in [1.54, 1.807) is 0 Å². The third-order valence-corrected chi connectivity index (χ3v) is 3.92. The van der Waals surface area contributed by atoms with E-state index in [9.17, 15) is 0 Å². The first kappa shape index (κ1) is 13.8. The number of hydrogen-bond acceptors (Lipinski definition) is 2. The molecule has 0 saturated carbocycles. The molecule has 0 aliphatic heterocycles. The molecule has 102 valence electrons. The summed E-state index contributed by atoms with van der Waals surface area (Å²) in [5, 5.41) is 9.06. The first-order chi connectivity index (χ1) is 9.04. The third-order valence-electron chi connectivity index (χ3n) is 3.92. The Hall–Kier alpha value is -1.61. The molecule has 19 heavy (non-hydrogen) atoms. The van der Waals surface area contributed by atoms with E-state index < -0.39 is 0 Å². The highest BCUT2D eigenvalue weighted by Crippen LogP contribution is 2.19. The van der Waals surface area contributed by atoms with Crippen molar-refractivity contribution in [2.45, 2.75) is 33.6 Å². The lowest BCUT2D eigenvalue weighted by molar-refractivity contribution is 0.295. The van der Waals surface area contributed by atoms with Gasteiger partial charge in [-0.25, -0.2) is 4.98 Å². The average Bonchev–Trinajstić information content (AvgIpc) is 2.63. The molecule has 1 N–H and O–H groups in total. The molecule has 3 nitrogen and oxygen atoms in total. The van der Waals surface area contributed by atoms with Crippen molar-refractivity contribution in [2.24, 2.45) is 7.05 Å². The number of rotatable bonds is 4. The molecule has 0 spiro atoms. The molecular formula is C16H22N2O. The average molecular weight is 258 g/mol. The molecule has 1 aromatic heterocycles. The van der Waals surface area contributed by atoms with Crippen LogP contribution in [-0.2, 0) is 19.9 Å². The number of aliphatic hydroxyl groups excluding tert-OH is 1. The quantitative estimate of drug-likeness (QED) is 0.915. The van der Waals surface area contributed by atoms with Gasteiger partial charge in [0, 0.05) is 25.6 Å². The number of aromatic nitrogens is 2. The smallest absolute Gasteiger partial charge is 0.111 e. The molecule has 0 aliphatic carbocycles. The minimum Gasteiger partial charge on any atom is -0.396 e. The van der Waals surface area contributed by atoms with Crippen LogP contribution in [0.2, 0.25) is 0 Å². The molecule has 0 aliphatic rings. The van der Waals surface area contributed by atoms with Crippen molar-refractivity contribution in [3.8, 4) is 0 Å². The maximum Gasteiger partial charge on any atom is 0.111 e.